The van der Waals surface area contributed by atoms with Crippen LogP contribution in [-0.4, -0.2) is 4.98 Å². The summed E-state index contributed by atoms with van der Waals surface area (Å²) >= 11 is 7.61. The fourth-order valence-corrected chi connectivity index (χ4v) is 3.36. The molecule has 1 aromatic heterocycles. The van der Waals surface area contributed by atoms with Crippen molar-refractivity contribution < 1.29 is 0 Å². The highest BCUT2D eigenvalue weighted by atomic mass is 35.5. The molecule has 18 heavy (non-hydrogen) atoms. The number of halogens is 1. The molecule has 0 unspecified atom stereocenters. The Bertz CT molecular complexity index is 713. The first-order chi connectivity index (χ1) is 8.65. The molecule has 0 saturated carbocycles. The maximum absolute atomic E-state index is 6.05. The van der Waals surface area contributed by atoms with Crippen LogP contribution in [0.3, 0.4) is 0 Å². The third kappa shape index (κ3) is 1.85. The zero-order valence-corrected chi connectivity index (χ0v) is 11.3. The zero-order chi connectivity index (χ0) is 12.7. The van der Waals surface area contributed by atoms with Crippen LogP contribution in [-0.2, 0) is 0 Å². The largest absolute Gasteiger partial charge is 0.398 e. The summed E-state index contributed by atoms with van der Waals surface area (Å²) in [5.74, 6) is 0. The SMILES string of the molecule is Cc1cccc(N)c1-c1nc2ccc(Cl)cc2s1. The third-order valence-corrected chi connectivity index (χ3v) is 4.14. The number of rotatable bonds is 1. The Morgan fingerprint density at radius 1 is 1.22 bits per heavy atom. The fourth-order valence-electron chi connectivity index (χ4n) is 1.99. The number of hydrogen-bond acceptors (Lipinski definition) is 3. The van der Waals surface area contributed by atoms with Crippen LogP contribution >= 0.6 is 22.9 Å². The molecule has 0 atom stereocenters. The van der Waals surface area contributed by atoms with Gasteiger partial charge >= 0.3 is 0 Å². The van der Waals surface area contributed by atoms with E-state index < -0.39 is 0 Å². The summed E-state index contributed by atoms with van der Waals surface area (Å²) in [6.45, 7) is 2.05. The molecule has 0 aliphatic heterocycles. The van der Waals surface area contributed by atoms with Crippen LogP contribution in [0.1, 0.15) is 5.56 Å². The summed E-state index contributed by atoms with van der Waals surface area (Å²) in [5, 5.41) is 1.68. The maximum atomic E-state index is 6.05. The second kappa shape index (κ2) is 4.26. The van der Waals surface area contributed by atoms with Gasteiger partial charge in [0.1, 0.15) is 5.01 Å². The van der Waals surface area contributed by atoms with E-state index in [1.807, 2.05) is 43.3 Å². The molecule has 1 heterocycles. The van der Waals surface area contributed by atoms with Crippen LogP contribution in [0.4, 0.5) is 5.69 Å². The highest BCUT2D eigenvalue weighted by molar-refractivity contribution is 7.21. The predicted molar refractivity (Wildman–Crippen MR) is 79.2 cm³/mol. The molecule has 0 aliphatic rings. The molecule has 0 aliphatic carbocycles. The molecule has 3 aromatic rings. The highest BCUT2D eigenvalue weighted by Gasteiger charge is 2.11. The van der Waals surface area contributed by atoms with E-state index in [2.05, 4.69) is 4.98 Å². The molecule has 0 saturated heterocycles. The van der Waals surface area contributed by atoms with Crippen LogP contribution in [0, 0.1) is 6.92 Å². The molecular formula is C14H11ClN2S. The van der Waals surface area contributed by atoms with Crippen molar-refractivity contribution in [3.05, 3.63) is 47.0 Å². The van der Waals surface area contributed by atoms with Crippen LogP contribution in [0.25, 0.3) is 20.8 Å². The number of aromatic nitrogens is 1. The quantitative estimate of drug-likeness (QED) is 0.663. The average Bonchev–Trinajstić information content (AvgIpc) is 2.71. The molecule has 2 aromatic carbocycles. The first-order valence-electron chi connectivity index (χ1n) is 5.57. The van der Waals surface area contributed by atoms with Gasteiger partial charge < -0.3 is 5.73 Å². The standard InChI is InChI=1S/C14H11ClN2S/c1-8-3-2-4-10(16)13(8)14-17-11-6-5-9(15)7-12(11)18-14/h2-7H,16H2,1H3. The fraction of sp³-hybridized carbons (Fsp3) is 0.0714. The van der Waals surface area contributed by atoms with Gasteiger partial charge in [0.2, 0.25) is 0 Å². The van der Waals surface area contributed by atoms with E-state index in [1.54, 1.807) is 11.3 Å². The summed E-state index contributed by atoms with van der Waals surface area (Å²) < 4.78 is 1.08. The van der Waals surface area contributed by atoms with E-state index >= 15 is 0 Å². The number of thiazole rings is 1. The second-order valence-electron chi connectivity index (χ2n) is 4.17. The smallest absolute Gasteiger partial charge is 0.126 e. The Morgan fingerprint density at radius 2 is 2.06 bits per heavy atom. The van der Waals surface area contributed by atoms with E-state index in [9.17, 15) is 0 Å². The molecule has 2 nitrogen and oxygen atoms in total. The minimum atomic E-state index is 0.732. The van der Waals surface area contributed by atoms with Crippen molar-refractivity contribution in [3.8, 4) is 10.6 Å². The Hall–Kier alpha value is -1.58. The van der Waals surface area contributed by atoms with Gasteiger partial charge in [-0.1, -0.05) is 23.7 Å². The van der Waals surface area contributed by atoms with Gasteiger partial charge in [-0.25, -0.2) is 4.98 Å². The number of anilines is 1. The van der Waals surface area contributed by atoms with Gasteiger partial charge in [0.25, 0.3) is 0 Å². The van der Waals surface area contributed by atoms with Crippen molar-refractivity contribution in [3.63, 3.8) is 0 Å². The lowest BCUT2D eigenvalue weighted by atomic mass is 10.1. The van der Waals surface area contributed by atoms with E-state index in [4.69, 9.17) is 17.3 Å². The zero-order valence-electron chi connectivity index (χ0n) is 9.77. The van der Waals surface area contributed by atoms with Crippen LogP contribution in [0.15, 0.2) is 36.4 Å². The topological polar surface area (TPSA) is 38.9 Å². The monoisotopic (exact) mass is 274 g/mol. The van der Waals surface area contributed by atoms with Crippen LogP contribution in [0.5, 0.6) is 0 Å². The van der Waals surface area contributed by atoms with Gasteiger partial charge in [-0.2, -0.15) is 0 Å². The number of hydrogen-bond donors (Lipinski definition) is 1. The average molecular weight is 275 g/mol. The lowest BCUT2D eigenvalue weighted by molar-refractivity contribution is 1.41. The van der Waals surface area contributed by atoms with Crippen molar-refractivity contribution in [2.45, 2.75) is 6.92 Å². The molecule has 0 amide bonds. The Labute approximate surface area is 114 Å². The van der Waals surface area contributed by atoms with Gasteiger partial charge in [0.15, 0.2) is 0 Å². The van der Waals surface area contributed by atoms with Crippen molar-refractivity contribution in [1.82, 2.24) is 4.98 Å². The van der Waals surface area contributed by atoms with Crippen molar-refractivity contribution in [1.29, 1.82) is 0 Å². The Balaban J connectivity index is 2.26. The summed E-state index contributed by atoms with van der Waals surface area (Å²) in [6.07, 6.45) is 0. The third-order valence-electron chi connectivity index (χ3n) is 2.87. The molecule has 4 heteroatoms. The lowest BCUT2D eigenvalue weighted by Gasteiger charge is -2.05. The highest BCUT2D eigenvalue weighted by Crippen LogP contribution is 2.36. The maximum Gasteiger partial charge on any atom is 0.126 e. The summed E-state index contributed by atoms with van der Waals surface area (Å²) in [4.78, 5) is 4.63. The molecule has 0 bridgehead atoms. The van der Waals surface area contributed by atoms with Crippen molar-refractivity contribution >= 4 is 38.8 Å². The second-order valence-corrected chi connectivity index (χ2v) is 5.64. The number of fused-ring (bicyclic) bond motifs is 1. The summed E-state index contributed by atoms with van der Waals surface area (Å²) in [7, 11) is 0. The van der Waals surface area contributed by atoms with Gasteiger partial charge in [-0.3, -0.25) is 0 Å². The molecule has 0 radical (unpaired) electrons. The number of aryl methyl sites for hydroxylation is 1. The molecule has 0 spiro atoms. The first-order valence-corrected chi connectivity index (χ1v) is 6.76. The molecule has 2 N–H and O–H groups in total. The van der Waals surface area contributed by atoms with Crippen molar-refractivity contribution in [2.75, 3.05) is 5.73 Å². The van der Waals surface area contributed by atoms with E-state index in [0.29, 0.717) is 0 Å². The number of nitrogens with zero attached hydrogens (tertiary/aromatic N) is 1. The normalized spacial score (nSPS) is 11.0. The molecular weight excluding hydrogens is 264 g/mol. The van der Waals surface area contributed by atoms with Crippen LogP contribution < -0.4 is 5.73 Å². The lowest BCUT2D eigenvalue weighted by Crippen LogP contribution is -1.91. The van der Waals surface area contributed by atoms with Gasteiger partial charge in [0.05, 0.1) is 10.2 Å². The number of nitrogen functional groups attached to an aromatic ring is 1. The molecule has 0 fully saturated rings. The summed E-state index contributed by atoms with van der Waals surface area (Å²) in [6, 6.07) is 11.6. The minimum Gasteiger partial charge on any atom is -0.398 e. The minimum absolute atomic E-state index is 0.732. The predicted octanol–water partition coefficient (Wildman–Crippen LogP) is 4.51. The number of benzene rings is 2. The van der Waals surface area contributed by atoms with Gasteiger partial charge in [0, 0.05) is 16.3 Å². The van der Waals surface area contributed by atoms with Crippen molar-refractivity contribution in [2.24, 2.45) is 0 Å². The first kappa shape index (κ1) is 11.5. The molecule has 3 rings (SSSR count). The summed E-state index contributed by atoms with van der Waals surface area (Å²) in [5.41, 5.74) is 9.93. The number of nitrogens with two attached hydrogens (primary N) is 1. The van der Waals surface area contributed by atoms with E-state index in [-0.39, 0.29) is 0 Å². The van der Waals surface area contributed by atoms with E-state index in [1.165, 1.54) is 0 Å². The molecule has 90 valence electrons. The van der Waals surface area contributed by atoms with Gasteiger partial charge in [-0.05, 0) is 36.8 Å². The Kier molecular flexibility index (Phi) is 2.73. The Morgan fingerprint density at radius 3 is 2.83 bits per heavy atom. The van der Waals surface area contributed by atoms with E-state index in [0.717, 1.165) is 37.1 Å². The van der Waals surface area contributed by atoms with Crippen LogP contribution in [0.2, 0.25) is 5.02 Å². The van der Waals surface area contributed by atoms with Gasteiger partial charge in [-0.15, -0.1) is 11.3 Å².